The van der Waals surface area contributed by atoms with Crippen molar-refractivity contribution in [2.24, 2.45) is 0 Å². The zero-order valence-electron chi connectivity index (χ0n) is 8.82. The Morgan fingerprint density at radius 2 is 1.65 bits per heavy atom. The molecule has 0 aliphatic carbocycles. The van der Waals surface area contributed by atoms with E-state index in [1.807, 2.05) is 0 Å². The van der Waals surface area contributed by atoms with Crippen LogP contribution in [0.15, 0.2) is 47.1 Å². The molecule has 0 atom stereocenters. The summed E-state index contributed by atoms with van der Waals surface area (Å²) >= 11 is 0. The predicted molar refractivity (Wildman–Crippen MR) is 62.8 cm³/mol. The minimum absolute atomic E-state index is 0.583. The highest BCUT2D eigenvalue weighted by molar-refractivity contribution is 6.73. The normalized spacial score (nSPS) is 12.2. The molecule has 0 aliphatic rings. The average Bonchev–Trinajstić information content (AvgIpc) is 2.78. The molecule has 1 nitrogen and oxygen atoms in total. The predicted octanol–water partition coefficient (Wildman–Crippen LogP) is 3.50. The summed E-state index contributed by atoms with van der Waals surface area (Å²) < 4.78 is 42.1. The van der Waals surface area contributed by atoms with Gasteiger partial charge in [-0.05, 0) is 23.8 Å². The van der Waals surface area contributed by atoms with E-state index in [0.29, 0.717) is 11.3 Å². The van der Waals surface area contributed by atoms with Gasteiger partial charge in [0, 0.05) is 0 Å². The van der Waals surface area contributed by atoms with Crippen molar-refractivity contribution in [1.29, 1.82) is 0 Å². The summed E-state index contributed by atoms with van der Waals surface area (Å²) in [6, 6.07) is 8.55. The zero-order valence-corrected chi connectivity index (χ0v) is 8.82. The van der Waals surface area contributed by atoms with Crippen LogP contribution in [-0.4, -0.2) is 6.98 Å². The van der Waals surface area contributed by atoms with Gasteiger partial charge in [-0.15, -0.1) is 5.46 Å². The topological polar surface area (TPSA) is 13.1 Å². The van der Waals surface area contributed by atoms with Crippen molar-refractivity contribution in [2.75, 3.05) is 0 Å². The Morgan fingerprint density at radius 3 is 2.18 bits per heavy atom. The van der Waals surface area contributed by atoms with Crippen LogP contribution in [0, 0.1) is 0 Å². The largest absolute Gasteiger partial charge is 0.509 e. The highest BCUT2D eigenvalue weighted by Gasteiger charge is 2.24. The Bertz CT molecular complexity index is 498. The first-order chi connectivity index (χ1) is 8.05. The van der Waals surface area contributed by atoms with Crippen LogP contribution in [0.5, 0.6) is 0 Å². The summed E-state index contributed by atoms with van der Waals surface area (Å²) in [7, 11) is 0. The maximum Gasteiger partial charge on any atom is 0.509 e. The standard InChI is InChI=1S/C12H9BF3O/c14-13(15,16)11-6-3-10(4-7-11)5-8-12-2-1-9-17-12/h1-9H/q-1/b8-5+. The van der Waals surface area contributed by atoms with E-state index in [2.05, 4.69) is 0 Å². The van der Waals surface area contributed by atoms with E-state index < -0.39 is 12.4 Å². The molecular weight excluding hydrogens is 228 g/mol. The third kappa shape index (κ3) is 3.03. The molecule has 1 aromatic carbocycles. The number of furan rings is 1. The van der Waals surface area contributed by atoms with Crippen LogP contribution in [0.25, 0.3) is 12.2 Å². The molecule has 0 amide bonds. The van der Waals surface area contributed by atoms with E-state index in [1.165, 1.54) is 18.4 Å². The molecule has 1 heterocycles. The number of benzene rings is 1. The fourth-order valence-corrected chi connectivity index (χ4v) is 1.39. The Hall–Kier alpha value is -1.91. The molecule has 88 valence electrons. The van der Waals surface area contributed by atoms with Gasteiger partial charge in [0.15, 0.2) is 0 Å². The van der Waals surface area contributed by atoms with E-state index in [9.17, 15) is 12.9 Å². The van der Waals surface area contributed by atoms with Gasteiger partial charge >= 0.3 is 6.98 Å². The summed E-state index contributed by atoms with van der Waals surface area (Å²) in [4.78, 5) is 0. The maximum atomic E-state index is 12.4. The Balaban J connectivity index is 2.14. The molecule has 0 aliphatic heterocycles. The molecule has 0 radical (unpaired) electrons. The Labute approximate surface area is 96.6 Å². The van der Waals surface area contributed by atoms with Gasteiger partial charge in [0.2, 0.25) is 0 Å². The molecule has 2 aromatic rings. The van der Waals surface area contributed by atoms with Gasteiger partial charge in [0.1, 0.15) is 5.76 Å². The highest BCUT2D eigenvalue weighted by atomic mass is 19.4. The molecule has 0 saturated carbocycles. The van der Waals surface area contributed by atoms with E-state index in [1.54, 1.807) is 24.3 Å². The van der Waals surface area contributed by atoms with Crippen molar-refractivity contribution in [1.82, 2.24) is 0 Å². The van der Waals surface area contributed by atoms with Crippen LogP contribution in [0.1, 0.15) is 11.3 Å². The van der Waals surface area contributed by atoms with Gasteiger partial charge in [-0.3, -0.25) is 0 Å². The fraction of sp³-hybridized carbons (Fsp3) is 0. The summed E-state index contributed by atoms with van der Waals surface area (Å²) in [6.45, 7) is -4.91. The first kappa shape index (κ1) is 11.6. The van der Waals surface area contributed by atoms with Crippen molar-refractivity contribution >= 4 is 24.6 Å². The molecule has 2 rings (SSSR count). The van der Waals surface area contributed by atoms with Crippen LogP contribution >= 0.6 is 0 Å². The van der Waals surface area contributed by atoms with E-state index in [4.69, 9.17) is 4.42 Å². The fourth-order valence-electron chi connectivity index (χ4n) is 1.39. The molecule has 17 heavy (non-hydrogen) atoms. The van der Waals surface area contributed by atoms with E-state index in [0.717, 1.165) is 12.1 Å². The molecule has 5 heteroatoms. The minimum Gasteiger partial charge on any atom is -0.465 e. The molecule has 0 fully saturated rings. The van der Waals surface area contributed by atoms with E-state index >= 15 is 0 Å². The Kier molecular flexibility index (Phi) is 3.09. The van der Waals surface area contributed by atoms with Crippen LogP contribution in [-0.2, 0) is 0 Å². The van der Waals surface area contributed by atoms with Gasteiger partial charge < -0.3 is 17.4 Å². The van der Waals surface area contributed by atoms with Crippen molar-refractivity contribution in [3.05, 3.63) is 54.0 Å². The second-order valence-electron chi connectivity index (χ2n) is 3.59. The monoisotopic (exact) mass is 237 g/mol. The van der Waals surface area contributed by atoms with Gasteiger partial charge in [-0.25, -0.2) is 0 Å². The lowest BCUT2D eigenvalue weighted by Gasteiger charge is -2.14. The van der Waals surface area contributed by atoms with Crippen LogP contribution < -0.4 is 5.46 Å². The zero-order chi connectivity index (χ0) is 12.3. The first-order valence-electron chi connectivity index (χ1n) is 5.07. The van der Waals surface area contributed by atoms with Crippen LogP contribution in [0.2, 0.25) is 0 Å². The smallest absolute Gasteiger partial charge is 0.465 e. The van der Waals surface area contributed by atoms with Crippen LogP contribution in [0.4, 0.5) is 12.9 Å². The van der Waals surface area contributed by atoms with Crippen LogP contribution in [0.3, 0.4) is 0 Å². The molecule has 0 saturated heterocycles. The first-order valence-corrected chi connectivity index (χ1v) is 5.07. The van der Waals surface area contributed by atoms with Crippen molar-refractivity contribution in [3.8, 4) is 0 Å². The van der Waals surface area contributed by atoms with Gasteiger partial charge in [0.05, 0.1) is 6.26 Å². The quantitative estimate of drug-likeness (QED) is 0.744. The SMILES string of the molecule is F[B-](F)(F)c1ccc(/C=C/c2ccco2)cc1. The second-order valence-corrected chi connectivity index (χ2v) is 3.59. The van der Waals surface area contributed by atoms with Crippen molar-refractivity contribution in [2.45, 2.75) is 0 Å². The number of rotatable bonds is 3. The van der Waals surface area contributed by atoms with Crippen molar-refractivity contribution < 1.29 is 17.4 Å². The Morgan fingerprint density at radius 1 is 0.941 bits per heavy atom. The molecule has 1 aromatic heterocycles. The summed E-state index contributed by atoms with van der Waals surface area (Å²) in [6.07, 6.45) is 4.94. The van der Waals surface area contributed by atoms with Crippen molar-refractivity contribution in [3.63, 3.8) is 0 Å². The third-order valence-electron chi connectivity index (χ3n) is 2.30. The lowest BCUT2D eigenvalue weighted by Crippen LogP contribution is -2.33. The highest BCUT2D eigenvalue weighted by Crippen LogP contribution is 2.11. The maximum absolute atomic E-state index is 12.4. The molecule has 0 bridgehead atoms. The minimum atomic E-state index is -4.91. The summed E-state index contributed by atoms with van der Waals surface area (Å²) in [5.41, 5.74) is 0.116. The lowest BCUT2D eigenvalue weighted by atomic mass is 9.80. The molecule has 0 spiro atoms. The third-order valence-corrected chi connectivity index (χ3v) is 2.30. The van der Waals surface area contributed by atoms with Gasteiger partial charge in [-0.1, -0.05) is 30.3 Å². The van der Waals surface area contributed by atoms with E-state index in [-0.39, 0.29) is 0 Å². The average molecular weight is 237 g/mol. The molecule has 0 N–H and O–H groups in total. The number of halogens is 3. The molecular formula is C12H9BF3O-. The number of hydrogen-bond donors (Lipinski definition) is 0. The number of hydrogen-bond acceptors (Lipinski definition) is 1. The lowest BCUT2D eigenvalue weighted by molar-refractivity contribution is 0.501. The summed E-state index contributed by atoms with van der Waals surface area (Å²) in [5, 5.41) is 0. The van der Waals surface area contributed by atoms with Gasteiger partial charge in [-0.2, -0.15) is 0 Å². The second kappa shape index (κ2) is 4.53. The molecule has 0 unspecified atom stereocenters. The van der Waals surface area contributed by atoms with Gasteiger partial charge in [0.25, 0.3) is 0 Å². The summed E-state index contributed by atoms with van der Waals surface area (Å²) in [5.74, 6) is 0.661.